The molecule has 4 nitrogen and oxygen atoms in total. The van der Waals surface area contributed by atoms with Crippen LogP contribution < -0.4 is 5.73 Å². The van der Waals surface area contributed by atoms with E-state index in [1.54, 1.807) is 0 Å². The molecule has 1 aromatic rings. The molecule has 1 atom stereocenters. The molecule has 1 aromatic heterocycles. The molecule has 19 heavy (non-hydrogen) atoms. The van der Waals surface area contributed by atoms with Crippen LogP contribution in [0.4, 0.5) is 0 Å². The molecule has 0 aromatic carbocycles. The van der Waals surface area contributed by atoms with Gasteiger partial charge in [0.1, 0.15) is 5.82 Å². The lowest BCUT2D eigenvalue weighted by atomic mass is 9.74. The molecule has 0 saturated heterocycles. The summed E-state index contributed by atoms with van der Waals surface area (Å²) < 4.78 is 2.09. The van der Waals surface area contributed by atoms with Gasteiger partial charge in [-0.1, -0.05) is 19.3 Å². The van der Waals surface area contributed by atoms with Gasteiger partial charge in [0.25, 0.3) is 0 Å². The van der Waals surface area contributed by atoms with Gasteiger partial charge in [0.05, 0.1) is 0 Å². The van der Waals surface area contributed by atoms with E-state index in [-0.39, 0.29) is 11.6 Å². The monoisotopic (exact) mass is 264 g/mol. The molecule has 0 radical (unpaired) electrons. The van der Waals surface area contributed by atoms with Crippen molar-refractivity contribution < 1.29 is 0 Å². The Morgan fingerprint density at radius 1 is 1.37 bits per heavy atom. The smallest absolute Gasteiger partial charge is 0.108 e. The molecule has 1 unspecified atom stereocenters. The van der Waals surface area contributed by atoms with Crippen molar-refractivity contribution in [3.05, 3.63) is 18.2 Å². The third-order valence-electron chi connectivity index (χ3n) is 4.90. The predicted octanol–water partition coefficient (Wildman–Crippen LogP) is 1.94. The zero-order valence-electron chi connectivity index (χ0n) is 12.6. The van der Waals surface area contributed by atoms with Crippen LogP contribution in [-0.2, 0) is 13.5 Å². The molecule has 2 N–H and O–H groups in total. The van der Waals surface area contributed by atoms with Crippen LogP contribution in [0.25, 0.3) is 0 Å². The second-order valence-corrected chi connectivity index (χ2v) is 6.16. The average Bonchev–Trinajstić information content (AvgIpc) is 2.82. The highest BCUT2D eigenvalue weighted by atomic mass is 15.2. The lowest BCUT2D eigenvalue weighted by Crippen LogP contribution is -2.58. The molecule has 1 saturated carbocycles. The molecule has 1 fully saturated rings. The third kappa shape index (κ3) is 3.00. The first kappa shape index (κ1) is 14.5. The van der Waals surface area contributed by atoms with Crippen LogP contribution in [0.3, 0.4) is 0 Å². The summed E-state index contributed by atoms with van der Waals surface area (Å²) >= 11 is 0. The number of nitrogens with zero attached hydrogens (tertiary/aromatic N) is 3. The van der Waals surface area contributed by atoms with Gasteiger partial charge in [-0.25, -0.2) is 4.98 Å². The Morgan fingerprint density at radius 2 is 2.05 bits per heavy atom. The van der Waals surface area contributed by atoms with Crippen LogP contribution in [0, 0.1) is 0 Å². The molecular formula is C15H28N4. The van der Waals surface area contributed by atoms with Gasteiger partial charge in [-0.2, -0.15) is 0 Å². The number of aryl methyl sites for hydroxylation is 2. The van der Waals surface area contributed by atoms with Crippen LogP contribution >= 0.6 is 0 Å². The summed E-state index contributed by atoms with van der Waals surface area (Å²) in [6, 6.07) is 0.236. The number of hydrogen-bond donors (Lipinski definition) is 1. The molecule has 0 aliphatic heterocycles. The van der Waals surface area contributed by atoms with Crippen molar-refractivity contribution >= 4 is 0 Å². The highest BCUT2D eigenvalue weighted by Crippen LogP contribution is 2.35. The standard InChI is InChI=1S/C15H28N4/c1-18(2)15(9-5-4-6-10-15)13(16)7-8-14-17-11-12-19(14)3/h11-13H,4-10,16H2,1-3H3. The highest BCUT2D eigenvalue weighted by Gasteiger charge is 2.39. The summed E-state index contributed by atoms with van der Waals surface area (Å²) in [6.45, 7) is 0. The minimum atomic E-state index is 0.198. The average molecular weight is 264 g/mol. The summed E-state index contributed by atoms with van der Waals surface area (Å²) in [5.74, 6) is 1.14. The van der Waals surface area contributed by atoms with Gasteiger partial charge < -0.3 is 15.2 Å². The van der Waals surface area contributed by atoms with Crippen molar-refractivity contribution in [2.24, 2.45) is 12.8 Å². The summed E-state index contributed by atoms with van der Waals surface area (Å²) in [5, 5.41) is 0. The van der Waals surface area contributed by atoms with Gasteiger partial charge in [-0.15, -0.1) is 0 Å². The van der Waals surface area contributed by atoms with Crippen LogP contribution in [0.5, 0.6) is 0 Å². The number of hydrogen-bond acceptors (Lipinski definition) is 3. The molecule has 0 amide bonds. The van der Waals surface area contributed by atoms with Crippen molar-refractivity contribution in [3.8, 4) is 0 Å². The quantitative estimate of drug-likeness (QED) is 0.884. The summed E-state index contributed by atoms with van der Waals surface area (Å²) in [6.07, 6.45) is 12.3. The van der Waals surface area contributed by atoms with Gasteiger partial charge in [0.15, 0.2) is 0 Å². The molecule has 108 valence electrons. The van der Waals surface area contributed by atoms with Crippen LogP contribution in [0.15, 0.2) is 12.4 Å². The first-order chi connectivity index (χ1) is 9.06. The Balaban J connectivity index is 2.00. The van der Waals surface area contributed by atoms with Crippen LogP contribution in [-0.4, -0.2) is 40.1 Å². The third-order valence-corrected chi connectivity index (χ3v) is 4.90. The fraction of sp³-hybridized carbons (Fsp3) is 0.800. The molecule has 2 rings (SSSR count). The molecule has 1 heterocycles. The van der Waals surface area contributed by atoms with Crippen molar-refractivity contribution in [1.29, 1.82) is 0 Å². The van der Waals surface area contributed by atoms with Gasteiger partial charge in [-0.05, 0) is 33.4 Å². The van der Waals surface area contributed by atoms with Crippen LogP contribution in [0.1, 0.15) is 44.3 Å². The van der Waals surface area contributed by atoms with Gasteiger partial charge >= 0.3 is 0 Å². The van der Waals surface area contributed by atoms with E-state index in [0.29, 0.717) is 0 Å². The zero-order valence-corrected chi connectivity index (χ0v) is 12.6. The second kappa shape index (κ2) is 6.06. The normalized spacial score (nSPS) is 20.7. The topological polar surface area (TPSA) is 47.1 Å². The predicted molar refractivity (Wildman–Crippen MR) is 79.0 cm³/mol. The number of rotatable bonds is 5. The lowest BCUT2D eigenvalue weighted by molar-refractivity contribution is 0.0683. The Morgan fingerprint density at radius 3 is 2.58 bits per heavy atom. The first-order valence-corrected chi connectivity index (χ1v) is 7.45. The van der Waals surface area contributed by atoms with E-state index < -0.39 is 0 Å². The number of imidazole rings is 1. The molecular weight excluding hydrogens is 236 g/mol. The minimum Gasteiger partial charge on any atom is -0.338 e. The maximum absolute atomic E-state index is 6.57. The maximum atomic E-state index is 6.57. The highest BCUT2D eigenvalue weighted by molar-refractivity contribution is 5.01. The molecule has 1 aliphatic rings. The van der Waals surface area contributed by atoms with Gasteiger partial charge in [0.2, 0.25) is 0 Å². The van der Waals surface area contributed by atoms with E-state index in [1.165, 1.54) is 32.1 Å². The maximum Gasteiger partial charge on any atom is 0.108 e. The Bertz CT molecular complexity index is 391. The van der Waals surface area contributed by atoms with E-state index in [9.17, 15) is 0 Å². The minimum absolute atomic E-state index is 0.198. The van der Waals surface area contributed by atoms with Crippen molar-refractivity contribution in [2.45, 2.75) is 56.5 Å². The number of likely N-dealkylation sites (N-methyl/N-ethyl adjacent to an activating group) is 1. The molecule has 0 bridgehead atoms. The Labute approximate surface area is 117 Å². The second-order valence-electron chi connectivity index (χ2n) is 6.16. The SMILES string of the molecule is CN(C)C1(C(N)CCc2nccn2C)CCCCC1. The first-order valence-electron chi connectivity index (χ1n) is 7.45. The van der Waals surface area contributed by atoms with Crippen molar-refractivity contribution in [2.75, 3.05) is 14.1 Å². The fourth-order valence-electron chi connectivity index (χ4n) is 3.50. The Kier molecular flexibility index (Phi) is 4.63. The zero-order chi connectivity index (χ0) is 13.9. The van der Waals surface area contributed by atoms with E-state index in [4.69, 9.17) is 5.73 Å². The summed E-state index contributed by atoms with van der Waals surface area (Å²) in [4.78, 5) is 6.76. The van der Waals surface area contributed by atoms with Crippen molar-refractivity contribution in [1.82, 2.24) is 14.5 Å². The van der Waals surface area contributed by atoms with E-state index in [0.717, 1.165) is 18.7 Å². The van der Waals surface area contributed by atoms with Gasteiger partial charge in [-0.3, -0.25) is 0 Å². The van der Waals surface area contributed by atoms with E-state index in [2.05, 4.69) is 35.6 Å². The number of nitrogens with two attached hydrogens (primary N) is 1. The lowest BCUT2D eigenvalue weighted by Gasteiger charge is -2.47. The Hall–Kier alpha value is -0.870. The summed E-state index contributed by atoms with van der Waals surface area (Å²) in [5.41, 5.74) is 6.77. The summed E-state index contributed by atoms with van der Waals surface area (Å²) in [7, 11) is 6.42. The van der Waals surface area contributed by atoms with E-state index in [1.807, 2.05) is 12.4 Å². The molecule has 4 heteroatoms. The van der Waals surface area contributed by atoms with Gasteiger partial charge in [0, 0.05) is 37.4 Å². The van der Waals surface area contributed by atoms with Crippen LogP contribution in [0.2, 0.25) is 0 Å². The molecule has 1 aliphatic carbocycles. The number of aromatic nitrogens is 2. The van der Waals surface area contributed by atoms with E-state index >= 15 is 0 Å². The molecule has 0 spiro atoms. The largest absolute Gasteiger partial charge is 0.338 e. The van der Waals surface area contributed by atoms with Crippen molar-refractivity contribution in [3.63, 3.8) is 0 Å². The fourth-order valence-corrected chi connectivity index (χ4v) is 3.50.